The van der Waals surface area contributed by atoms with Gasteiger partial charge in [-0.2, -0.15) is 0 Å². The Labute approximate surface area is 113 Å². The topological polar surface area (TPSA) is 125 Å². The van der Waals surface area contributed by atoms with E-state index in [0.29, 0.717) is 0 Å². The fraction of sp³-hybridized carbons (Fsp3) is 0. The van der Waals surface area contributed by atoms with Crippen molar-refractivity contribution in [2.75, 3.05) is 11.1 Å². The molecule has 1 heterocycles. The molecule has 0 aliphatic carbocycles. The van der Waals surface area contributed by atoms with Gasteiger partial charge in [-0.15, -0.1) is 0 Å². The van der Waals surface area contributed by atoms with Crippen LogP contribution in [0.3, 0.4) is 0 Å². The molecule has 0 bridgehead atoms. The summed E-state index contributed by atoms with van der Waals surface area (Å²) in [6.07, 6.45) is 1.33. The standard InChI is InChI=1S/C13H11N3O4/c14-8-1-2-10(9(6-8)13(19)20)16-12(18)7-3-4-15-11(17)5-7/h1-6H,14H2,(H,15,17)(H,16,18)(H,19,20). The molecule has 0 atom stereocenters. The van der Waals surface area contributed by atoms with Crippen LogP contribution in [0.25, 0.3) is 0 Å². The summed E-state index contributed by atoms with van der Waals surface area (Å²) < 4.78 is 0. The number of nitrogens with two attached hydrogens (primary N) is 1. The first-order chi connectivity index (χ1) is 9.47. The van der Waals surface area contributed by atoms with Crippen LogP contribution in [0.15, 0.2) is 41.3 Å². The Morgan fingerprint density at radius 2 is 1.95 bits per heavy atom. The molecule has 102 valence electrons. The summed E-state index contributed by atoms with van der Waals surface area (Å²) in [5, 5.41) is 11.5. The highest BCUT2D eigenvalue weighted by atomic mass is 16.4. The highest BCUT2D eigenvalue weighted by Crippen LogP contribution is 2.19. The molecule has 2 aromatic rings. The van der Waals surface area contributed by atoms with Gasteiger partial charge in [-0.25, -0.2) is 4.79 Å². The minimum absolute atomic E-state index is 0.108. The van der Waals surface area contributed by atoms with E-state index in [1.54, 1.807) is 0 Å². The van der Waals surface area contributed by atoms with Crippen molar-refractivity contribution < 1.29 is 14.7 Å². The van der Waals surface area contributed by atoms with Crippen LogP contribution in [-0.2, 0) is 0 Å². The maximum absolute atomic E-state index is 11.9. The van der Waals surface area contributed by atoms with Crippen LogP contribution in [0.4, 0.5) is 11.4 Å². The van der Waals surface area contributed by atoms with E-state index in [-0.39, 0.29) is 22.5 Å². The number of carboxylic acids is 1. The van der Waals surface area contributed by atoms with Gasteiger partial charge in [0.1, 0.15) is 0 Å². The zero-order chi connectivity index (χ0) is 14.7. The van der Waals surface area contributed by atoms with Crippen LogP contribution in [0.1, 0.15) is 20.7 Å². The molecule has 1 aromatic heterocycles. The molecular formula is C13H11N3O4. The number of aromatic amines is 1. The average molecular weight is 273 g/mol. The number of amides is 1. The molecule has 0 saturated heterocycles. The molecule has 0 fully saturated rings. The second-order valence-electron chi connectivity index (χ2n) is 4.01. The Balaban J connectivity index is 2.33. The summed E-state index contributed by atoms with van der Waals surface area (Å²) >= 11 is 0. The molecular weight excluding hydrogens is 262 g/mol. The van der Waals surface area contributed by atoms with E-state index in [9.17, 15) is 14.4 Å². The lowest BCUT2D eigenvalue weighted by Crippen LogP contribution is -2.17. The van der Waals surface area contributed by atoms with Crippen LogP contribution in [-0.4, -0.2) is 22.0 Å². The quantitative estimate of drug-likeness (QED) is 0.618. The smallest absolute Gasteiger partial charge is 0.337 e. The van der Waals surface area contributed by atoms with Crippen molar-refractivity contribution in [1.82, 2.24) is 4.98 Å². The Morgan fingerprint density at radius 1 is 1.20 bits per heavy atom. The molecule has 2 rings (SSSR count). The van der Waals surface area contributed by atoms with Crippen molar-refractivity contribution in [3.8, 4) is 0 Å². The van der Waals surface area contributed by atoms with Crippen LogP contribution in [0.2, 0.25) is 0 Å². The number of aromatic nitrogens is 1. The number of aromatic carboxylic acids is 1. The number of nitrogen functional groups attached to an aromatic ring is 1. The predicted molar refractivity (Wildman–Crippen MR) is 72.8 cm³/mol. The molecule has 0 aliphatic heterocycles. The number of anilines is 2. The zero-order valence-corrected chi connectivity index (χ0v) is 10.2. The van der Waals surface area contributed by atoms with E-state index in [1.165, 1.54) is 30.5 Å². The first-order valence-corrected chi connectivity index (χ1v) is 5.60. The van der Waals surface area contributed by atoms with E-state index in [0.717, 1.165) is 6.07 Å². The molecule has 0 unspecified atom stereocenters. The second kappa shape index (κ2) is 5.27. The van der Waals surface area contributed by atoms with E-state index in [4.69, 9.17) is 10.8 Å². The van der Waals surface area contributed by atoms with E-state index >= 15 is 0 Å². The average Bonchev–Trinajstić information content (AvgIpc) is 2.40. The number of H-pyrrole nitrogens is 1. The van der Waals surface area contributed by atoms with Crippen molar-refractivity contribution in [2.24, 2.45) is 0 Å². The molecule has 0 aliphatic rings. The van der Waals surface area contributed by atoms with E-state index in [1.807, 2.05) is 0 Å². The summed E-state index contributed by atoms with van der Waals surface area (Å²) in [6, 6.07) is 6.64. The highest BCUT2D eigenvalue weighted by Gasteiger charge is 2.14. The third-order valence-corrected chi connectivity index (χ3v) is 2.56. The minimum Gasteiger partial charge on any atom is -0.478 e. The largest absolute Gasteiger partial charge is 0.478 e. The van der Waals surface area contributed by atoms with Crippen molar-refractivity contribution in [3.63, 3.8) is 0 Å². The Morgan fingerprint density at radius 3 is 2.60 bits per heavy atom. The van der Waals surface area contributed by atoms with Crippen LogP contribution >= 0.6 is 0 Å². The molecule has 7 nitrogen and oxygen atoms in total. The van der Waals surface area contributed by atoms with Crippen LogP contribution in [0.5, 0.6) is 0 Å². The first-order valence-electron chi connectivity index (χ1n) is 5.60. The lowest BCUT2D eigenvalue weighted by molar-refractivity contribution is 0.0698. The van der Waals surface area contributed by atoms with Crippen LogP contribution < -0.4 is 16.6 Å². The van der Waals surface area contributed by atoms with Gasteiger partial charge >= 0.3 is 5.97 Å². The van der Waals surface area contributed by atoms with Gasteiger partial charge in [-0.3, -0.25) is 9.59 Å². The zero-order valence-electron chi connectivity index (χ0n) is 10.2. The van der Waals surface area contributed by atoms with Gasteiger partial charge in [0.25, 0.3) is 5.91 Å². The lowest BCUT2D eigenvalue weighted by atomic mass is 10.1. The SMILES string of the molecule is Nc1ccc(NC(=O)c2cc[nH]c(=O)c2)c(C(=O)O)c1. The van der Waals surface area contributed by atoms with Gasteiger partial charge in [-0.05, 0) is 24.3 Å². The van der Waals surface area contributed by atoms with Crippen molar-refractivity contribution in [3.05, 3.63) is 58.0 Å². The van der Waals surface area contributed by atoms with Gasteiger partial charge < -0.3 is 21.1 Å². The highest BCUT2D eigenvalue weighted by molar-refractivity contribution is 6.07. The Bertz CT molecular complexity index is 736. The number of carbonyl (C=O) groups excluding carboxylic acids is 1. The summed E-state index contributed by atoms with van der Waals surface area (Å²) in [6.45, 7) is 0. The molecule has 1 aromatic carbocycles. The predicted octanol–water partition coefficient (Wildman–Crippen LogP) is 0.908. The maximum Gasteiger partial charge on any atom is 0.337 e. The van der Waals surface area contributed by atoms with Crippen molar-refractivity contribution >= 4 is 23.3 Å². The summed E-state index contributed by atoms with van der Waals surface area (Å²) in [5.41, 5.74) is 5.47. The third-order valence-electron chi connectivity index (χ3n) is 2.56. The number of hydrogen-bond donors (Lipinski definition) is 4. The number of carboxylic acid groups (broad SMARTS) is 1. The summed E-state index contributed by atoms with van der Waals surface area (Å²) in [7, 11) is 0. The molecule has 0 radical (unpaired) electrons. The van der Waals surface area contributed by atoms with Gasteiger partial charge in [0.2, 0.25) is 5.56 Å². The van der Waals surface area contributed by atoms with E-state index in [2.05, 4.69) is 10.3 Å². The van der Waals surface area contributed by atoms with Gasteiger partial charge in [0, 0.05) is 23.5 Å². The number of benzene rings is 1. The lowest BCUT2D eigenvalue weighted by Gasteiger charge is -2.09. The third kappa shape index (κ3) is 2.83. The number of nitrogens with one attached hydrogen (secondary N) is 2. The number of pyridine rings is 1. The number of hydrogen-bond acceptors (Lipinski definition) is 4. The van der Waals surface area contributed by atoms with E-state index < -0.39 is 17.4 Å². The van der Waals surface area contributed by atoms with Gasteiger partial charge in [0.05, 0.1) is 11.3 Å². The first kappa shape index (κ1) is 13.3. The molecule has 5 N–H and O–H groups in total. The fourth-order valence-corrected chi connectivity index (χ4v) is 1.63. The molecule has 1 amide bonds. The van der Waals surface area contributed by atoms with Crippen molar-refractivity contribution in [2.45, 2.75) is 0 Å². The molecule has 0 saturated carbocycles. The molecule has 20 heavy (non-hydrogen) atoms. The van der Waals surface area contributed by atoms with Gasteiger partial charge in [-0.1, -0.05) is 0 Å². The molecule has 0 spiro atoms. The number of rotatable bonds is 3. The normalized spacial score (nSPS) is 10.0. The van der Waals surface area contributed by atoms with Crippen LogP contribution in [0, 0.1) is 0 Å². The Hall–Kier alpha value is -3.09. The second-order valence-corrected chi connectivity index (χ2v) is 4.01. The monoisotopic (exact) mass is 273 g/mol. The minimum atomic E-state index is -1.21. The van der Waals surface area contributed by atoms with Crippen molar-refractivity contribution in [1.29, 1.82) is 0 Å². The summed E-state index contributed by atoms with van der Waals surface area (Å²) in [4.78, 5) is 36.5. The number of carbonyl (C=O) groups is 2. The fourth-order valence-electron chi connectivity index (χ4n) is 1.63. The molecule has 7 heteroatoms. The summed E-state index contributed by atoms with van der Waals surface area (Å²) in [5.74, 6) is -1.79. The Kier molecular flexibility index (Phi) is 3.52. The van der Waals surface area contributed by atoms with Gasteiger partial charge in [0.15, 0.2) is 0 Å². The maximum atomic E-state index is 11.9.